The van der Waals surface area contributed by atoms with Crippen LogP contribution in [0.2, 0.25) is 0 Å². The molecule has 1 aliphatic carbocycles. The molecule has 3 atom stereocenters. The minimum absolute atomic E-state index is 0.0168. The number of para-hydroxylation sites is 6. The fourth-order valence-electron chi connectivity index (χ4n) is 15.3. The predicted octanol–water partition coefficient (Wildman–Crippen LogP) is 21.1. The highest BCUT2D eigenvalue weighted by atomic mass is 16.5. The van der Waals surface area contributed by atoms with Crippen molar-refractivity contribution in [2.75, 3.05) is 71.5 Å². The van der Waals surface area contributed by atoms with Crippen LogP contribution in [0.15, 0.2) is 146 Å². The highest BCUT2D eigenvalue weighted by Crippen LogP contribution is 2.42. The molecule has 7 heterocycles. The summed E-state index contributed by atoms with van der Waals surface area (Å²) in [5, 5.41) is 21.3. The molecule has 650 valence electrons. The van der Waals surface area contributed by atoms with E-state index in [9.17, 15) is 9.59 Å². The van der Waals surface area contributed by atoms with Gasteiger partial charge in [0.05, 0.1) is 107 Å². The maximum absolute atomic E-state index is 15.3. The van der Waals surface area contributed by atoms with Crippen LogP contribution in [-0.2, 0) is 9.53 Å². The van der Waals surface area contributed by atoms with Gasteiger partial charge in [-0.05, 0) is 140 Å². The Morgan fingerprint density at radius 1 is 0.408 bits per heavy atom. The maximum atomic E-state index is 15.3. The van der Waals surface area contributed by atoms with Crippen molar-refractivity contribution in [2.45, 2.75) is 161 Å². The Bertz CT molecular complexity index is 6120. The number of hydrogen-bond acceptors (Lipinski definition) is 20. The first-order valence-corrected chi connectivity index (χ1v) is 43.5. The van der Waals surface area contributed by atoms with Gasteiger partial charge in [0, 0.05) is 74.1 Å². The fraction of sp³-hybridized carbons (Fsp3) is 0.384. The van der Waals surface area contributed by atoms with Crippen LogP contribution < -0.4 is 60.3 Å². The summed E-state index contributed by atoms with van der Waals surface area (Å²) in [6.07, 6.45) is 7.00. The number of rotatable bonds is 16. The standard InChI is InChI=1S/C99H110N12O14/c1-54(2)50-121-81-45-74-93(113)107-68-34-23-30-64-82(122-51-55(3)4)46-75(101-87(64)68)94(114)108-69-35-24-31-65-83(123-52-56(5)6)47-76(102-88(65)69)95(115)109-70-36-25-32-66-84(124-53-57(7)8)48-77(103-89(66)70)96(116)110-71-37-21-27-62-80(49-78(105-90(62)71)97(117)125-85-43-59(11)39-40-60(85)58(9)10)120-42-20-18-16-15-17-19-41-119-79-44-73(92(112)106-67-33-22-29-63(81)86(67)100-74)104-91-61(79)28-26-38-72(91)111-98(118)99(12,13)14/h21-38,44-49,54-60,85H,15-20,39-43,50-53H2,1-14H3,(H,106,112)(H,107,113)(H,108,114)(H,109,115)(H,110,116)(H,111,118)/t59-,60+,85-/m1/s1. The molecule has 0 unspecified atom stereocenters. The van der Waals surface area contributed by atoms with Crippen LogP contribution in [0.5, 0.6) is 34.5 Å². The smallest absolute Gasteiger partial charge is 0.357 e. The van der Waals surface area contributed by atoms with E-state index in [1.54, 1.807) is 136 Å². The van der Waals surface area contributed by atoms with Crippen LogP contribution >= 0.6 is 0 Å². The van der Waals surface area contributed by atoms with Crippen LogP contribution in [0.25, 0.3) is 65.4 Å². The second-order valence-electron chi connectivity index (χ2n) is 35.6. The predicted molar refractivity (Wildman–Crippen MR) is 489 cm³/mol. The third-order valence-electron chi connectivity index (χ3n) is 21.9. The van der Waals surface area contributed by atoms with Crippen LogP contribution in [0.4, 0.5) is 34.1 Å². The molecule has 14 rings (SSSR count). The van der Waals surface area contributed by atoms with Gasteiger partial charge in [-0.1, -0.05) is 165 Å². The quantitative estimate of drug-likeness (QED) is 0.0489. The second kappa shape index (κ2) is 38.7. The van der Waals surface area contributed by atoms with Gasteiger partial charge in [0.25, 0.3) is 29.5 Å². The number of pyridine rings is 6. The molecule has 6 aromatic heterocycles. The number of fused-ring (bicyclic) bond motifs is 8. The van der Waals surface area contributed by atoms with E-state index in [-0.39, 0.29) is 177 Å². The van der Waals surface area contributed by atoms with Crippen LogP contribution in [0.1, 0.15) is 218 Å². The summed E-state index contributed by atoms with van der Waals surface area (Å²) in [4.78, 5) is 134. The lowest BCUT2D eigenvalue weighted by atomic mass is 9.75. The maximum Gasteiger partial charge on any atom is 0.357 e. The van der Waals surface area contributed by atoms with E-state index in [4.69, 9.17) is 63.1 Å². The van der Waals surface area contributed by atoms with E-state index >= 15 is 24.0 Å². The summed E-state index contributed by atoms with van der Waals surface area (Å²) in [7, 11) is 0. The lowest BCUT2D eigenvalue weighted by Crippen LogP contribution is -2.36. The Hall–Kier alpha value is -13.1. The van der Waals surface area contributed by atoms with Crippen molar-refractivity contribution < 1.29 is 66.7 Å². The zero-order valence-electron chi connectivity index (χ0n) is 73.5. The fourth-order valence-corrected chi connectivity index (χ4v) is 15.3. The number of esters is 1. The molecule has 14 bridgehead atoms. The molecule has 1 fully saturated rings. The van der Waals surface area contributed by atoms with Crippen LogP contribution in [0.3, 0.4) is 0 Å². The van der Waals surface area contributed by atoms with Crippen LogP contribution in [0, 0.1) is 46.8 Å². The van der Waals surface area contributed by atoms with Gasteiger partial charge >= 0.3 is 5.97 Å². The number of aromatic nitrogens is 6. The topological polar surface area (TPSA) is 334 Å². The van der Waals surface area contributed by atoms with E-state index in [1.807, 2.05) is 67.5 Å². The molecule has 26 nitrogen and oxygen atoms in total. The third-order valence-corrected chi connectivity index (χ3v) is 21.9. The SMILES string of the molecule is CC(C)COc1cc2nc3c(cccc13)NC(=O)c1cc(OCC(C)C)c3cccc(c3n1)NC(=O)c1cc(OCC(C)C)c3cccc(c3n1)NC(=O)c1cc(c3cccc(NC(=O)C(C)(C)C)c3n1)OCCCCCCCCOc1cc(C(=O)O[C@@H]3C[C@H](C)CC[C@H]3C(C)C)nc3c(cccc13)NC(=O)c1cc(OCC(C)C)c3cccc(c3n1)NC2=O. The van der Waals surface area contributed by atoms with Crippen molar-refractivity contribution in [1.82, 2.24) is 29.9 Å². The largest absolute Gasteiger partial charge is 0.493 e. The Balaban J connectivity index is 0.864. The number of nitrogens with one attached hydrogen (secondary N) is 6. The molecule has 1 saturated carbocycles. The van der Waals surface area contributed by atoms with E-state index in [1.165, 1.54) is 18.2 Å². The first kappa shape index (κ1) is 88.2. The molecule has 6 amide bonds. The van der Waals surface area contributed by atoms with Crippen molar-refractivity contribution in [3.63, 3.8) is 0 Å². The third kappa shape index (κ3) is 20.9. The Morgan fingerprint density at radius 2 is 0.728 bits per heavy atom. The summed E-state index contributed by atoms with van der Waals surface area (Å²) in [5.74, 6) is -1.29. The minimum Gasteiger partial charge on any atom is -0.493 e. The molecular weight excluding hydrogens is 1580 g/mol. The number of hydrogen-bond donors (Lipinski definition) is 6. The molecule has 0 saturated heterocycles. The molecule has 125 heavy (non-hydrogen) atoms. The van der Waals surface area contributed by atoms with Gasteiger partial charge < -0.3 is 65.1 Å². The number of benzene rings is 6. The van der Waals surface area contributed by atoms with Gasteiger partial charge in [-0.25, -0.2) is 34.7 Å². The number of carbonyl (C=O) groups excluding carboxylic acids is 7. The first-order chi connectivity index (χ1) is 60.0. The van der Waals surface area contributed by atoms with E-state index in [0.29, 0.717) is 103 Å². The molecule has 26 heteroatoms. The van der Waals surface area contributed by atoms with E-state index < -0.39 is 40.9 Å². The number of ether oxygens (including phenoxy) is 7. The van der Waals surface area contributed by atoms with Gasteiger partial charge in [0.2, 0.25) is 5.91 Å². The molecular formula is C99H110N12O14. The molecule has 0 radical (unpaired) electrons. The Morgan fingerprint density at radius 3 is 1.09 bits per heavy atom. The number of amides is 6. The van der Waals surface area contributed by atoms with Crippen molar-refractivity contribution in [1.29, 1.82) is 0 Å². The lowest BCUT2D eigenvalue weighted by Gasteiger charge is -2.36. The zero-order chi connectivity index (χ0) is 88.5. The molecule has 12 aromatic rings. The van der Waals surface area contributed by atoms with Crippen molar-refractivity contribution >= 4 is 141 Å². The summed E-state index contributed by atoms with van der Waals surface area (Å²) in [6, 6.07) is 40.7. The van der Waals surface area contributed by atoms with E-state index in [2.05, 4.69) is 52.7 Å². The average Bonchev–Trinajstić information content (AvgIpc) is 0.777. The Kier molecular flexibility index (Phi) is 27.3. The molecule has 0 spiro atoms. The molecule has 2 aliphatic rings. The summed E-state index contributed by atoms with van der Waals surface area (Å²) >= 11 is 0. The summed E-state index contributed by atoms with van der Waals surface area (Å²) < 4.78 is 45.6. The highest BCUT2D eigenvalue weighted by Gasteiger charge is 2.35. The molecule has 6 aromatic carbocycles. The highest BCUT2D eigenvalue weighted by molar-refractivity contribution is 6.17. The number of anilines is 6. The zero-order valence-corrected chi connectivity index (χ0v) is 73.5. The second-order valence-corrected chi connectivity index (χ2v) is 35.6. The van der Waals surface area contributed by atoms with Gasteiger partial charge in [-0.3, -0.25) is 28.8 Å². The first-order valence-electron chi connectivity index (χ1n) is 43.5. The summed E-state index contributed by atoms with van der Waals surface area (Å²) in [5.41, 5.74) is 1.69. The van der Waals surface area contributed by atoms with E-state index in [0.717, 1.165) is 38.5 Å². The minimum atomic E-state index is -0.783. The lowest BCUT2D eigenvalue weighted by molar-refractivity contribution is -0.123. The molecule has 6 N–H and O–H groups in total. The average molecular weight is 1690 g/mol. The van der Waals surface area contributed by atoms with Gasteiger partial charge in [0.1, 0.15) is 69.1 Å². The monoisotopic (exact) mass is 1690 g/mol. The van der Waals surface area contributed by atoms with Gasteiger partial charge in [0.15, 0.2) is 5.69 Å². The normalized spacial score (nSPS) is 16.2. The molecule has 1 aliphatic heterocycles. The number of nitrogens with zero attached hydrogens (tertiary/aromatic N) is 6. The van der Waals surface area contributed by atoms with Crippen molar-refractivity contribution in [2.24, 2.45) is 46.8 Å². The van der Waals surface area contributed by atoms with Crippen molar-refractivity contribution in [3.8, 4) is 34.5 Å². The Labute approximate surface area is 727 Å². The summed E-state index contributed by atoms with van der Waals surface area (Å²) in [6.45, 7) is 29.5. The van der Waals surface area contributed by atoms with Gasteiger partial charge in [-0.15, -0.1) is 0 Å². The van der Waals surface area contributed by atoms with Gasteiger partial charge in [-0.2, -0.15) is 0 Å². The van der Waals surface area contributed by atoms with Crippen LogP contribution in [-0.4, -0.2) is 117 Å². The van der Waals surface area contributed by atoms with Crippen molar-refractivity contribution in [3.05, 3.63) is 180 Å². The number of carbonyl (C=O) groups is 7.